The lowest BCUT2D eigenvalue weighted by Crippen LogP contribution is -2.05. The predicted molar refractivity (Wildman–Crippen MR) is 58.0 cm³/mol. The van der Waals surface area contributed by atoms with Crippen LogP contribution in [0, 0.1) is 11.6 Å². The summed E-state index contributed by atoms with van der Waals surface area (Å²) in [6.45, 7) is 0.427. The summed E-state index contributed by atoms with van der Waals surface area (Å²) >= 11 is 3.12. The second kappa shape index (κ2) is 5.42. The molecule has 5 heteroatoms. The fourth-order valence-electron chi connectivity index (χ4n) is 1.35. The first-order chi connectivity index (χ1) is 7.11. The van der Waals surface area contributed by atoms with Crippen LogP contribution in [0.4, 0.5) is 8.78 Å². The van der Waals surface area contributed by atoms with Crippen LogP contribution < -0.4 is 10.5 Å². The van der Waals surface area contributed by atoms with E-state index in [1.54, 1.807) is 0 Å². The summed E-state index contributed by atoms with van der Waals surface area (Å²) in [7, 11) is 1.42. The fourth-order valence-corrected chi connectivity index (χ4v) is 1.95. The number of rotatable bonds is 4. The minimum Gasteiger partial charge on any atom is -0.495 e. The Labute approximate surface area is 95.5 Å². The van der Waals surface area contributed by atoms with Crippen molar-refractivity contribution in [3.63, 3.8) is 0 Å². The van der Waals surface area contributed by atoms with Crippen molar-refractivity contribution in [3.05, 3.63) is 27.7 Å². The summed E-state index contributed by atoms with van der Waals surface area (Å²) in [4.78, 5) is 0. The Balaban J connectivity index is 3.18. The molecule has 2 nitrogen and oxygen atoms in total. The summed E-state index contributed by atoms with van der Waals surface area (Å²) in [5.74, 6) is -1.40. The van der Waals surface area contributed by atoms with Gasteiger partial charge in [0, 0.05) is 5.56 Å². The van der Waals surface area contributed by atoms with Crippen molar-refractivity contribution in [2.24, 2.45) is 5.73 Å². The van der Waals surface area contributed by atoms with Gasteiger partial charge in [-0.15, -0.1) is 0 Å². The Morgan fingerprint density at radius 2 is 2.13 bits per heavy atom. The molecule has 0 bridgehead atoms. The fraction of sp³-hybridized carbons (Fsp3) is 0.400. The van der Waals surface area contributed by atoms with Gasteiger partial charge in [0.2, 0.25) is 0 Å². The van der Waals surface area contributed by atoms with Gasteiger partial charge in [0.1, 0.15) is 5.75 Å². The van der Waals surface area contributed by atoms with Crippen molar-refractivity contribution < 1.29 is 13.5 Å². The number of hydrogen-bond donors (Lipinski definition) is 1. The van der Waals surface area contributed by atoms with Crippen LogP contribution in [0.5, 0.6) is 5.75 Å². The summed E-state index contributed by atoms with van der Waals surface area (Å²) < 4.78 is 32.0. The van der Waals surface area contributed by atoms with Crippen LogP contribution in [0.15, 0.2) is 10.5 Å². The third kappa shape index (κ3) is 2.66. The van der Waals surface area contributed by atoms with E-state index in [1.165, 1.54) is 7.11 Å². The van der Waals surface area contributed by atoms with Gasteiger partial charge in [-0.1, -0.05) is 0 Å². The molecule has 1 rings (SSSR count). The molecular weight excluding hydrogens is 268 g/mol. The smallest absolute Gasteiger partial charge is 0.165 e. The van der Waals surface area contributed by atoms with E-state index < -0.39 is 11.6 Å². The summed E-state index contributed by atoms with van der Waals surface area (Å²) in [5.41, 5.74) is 5.56. The molecule has 2 N–H and O–H groups in total. The zero-order chi connectivity index (χ0) is 11.4. The first-order valence-electron chi connectivity index (χ1n) is 4.52. The third-order valence-corrected chi connectivity index (χ3v) is 2.64. The first kappa shape index (κ1) is 12.4. The van der Waals surface area contributed by atoms with Crippen LogP contribution in [0.2, 0.25) is 0 Å². The van der Waals surface area contributed by atoms with Gasteiger partial charge in [0.25, 0.3) is 0 Å². The monoisotopic (exact) mass is 279 g/mol. The maximum absolute atomic E-state index is 13.4. The highest BCUT2D eigenvalue weighted by atomic mass is 79.9. The molecule has 0 unspecified atom stereocenters. The Bertz CT molecular complexity index is 358. The van der Waals surface area contributed by atoms with Gasteiger partial charge >= 0.3 is 0 Å². The van der Waals surface area contributed by atoms with Crippen LogP contribution in [-0.2, 0) is 6.42 Å². The highest BCUT2D eigenvalue weighted by Gasteiger charge is 2.17. The second-order valence-corrected chi connectivity index (χ2v) is 3.91. The van der Waals surface area contributed by atoms with Crippen molar-refractivity contribution in [1.29, 1.82) is 0 Å². The van der Waals surface area contributed by atoms with E-state index in [4.69, 9.17) is 10.5 Å². The molecule has 0 fully saturated rings. The topological polar surface area (TPSA) is 35.2 Å². The molecule has 0 saturated carbocycles. The minimum atomic E-state index is -0.880. The van der Waals surface area contributed by atoms with E-state index in [9.17, 15) is 8.78 Å². The van der Waals surface area contributed by atoms with E-state index in [2.05, 4.69) is 15.9 Å². The van der Waals surface area contributed by atoms with Crippen LogP contribution >= 0.6 is 15.9 Å². The minimum absolute atomic E-state index is 0.231. The van der Waals surface area contributed by atoms with Gasteiger partial charge in [0.15, 0.2) is 11.6 Å². The van der Waals surface area contributed by atoms with Gasteiger partial charge < -0.3 is 10.5 Å². The number of ether oxygens (including phenoxy) is 1. The van der Waals surface area contributed by atoms with Gasteiger partial charge in [-0.05, 0) is 41.4 Å². The molecule has 0 aromatic heterocycles. The maximum atomic E-state index is 13.4. The molecule has 0 heterocycles. The van der Waals surface area contributed by atoms with Gasteiger partial charge in [-0.3, -0.25) is 0 Å². The molecule has 0 saturated heterocycles. The second-order valence-electron chi connectivity index (χ2n) is 3.06. The van der Waals surface area contributed by atoms with E-state index >= 15 is 0 Å². The van der Waals surface area contributed by atoms with Gasteiger partial charge in [-0.25, -0.2) is 8.78 Å². The van der Waals surface area contributed by atoms with Crippen molar-refractivity contribution >= 4 is 15.9 Å². The van der Waals surface area contributed by atoms with E-state index in [0.29, 0.717) is 29.6 Å². The number of benzene rings is 1. The van der Waals surface area contributed by atoms with Gasteiger partial charge in [0.05, 0.1) is 11.6 Å². The molecule has 0 aliphatic rings. The molecule has 84 valence electrons. The Morgan fingerprint density at radius 1 is 1.47 bits per heavy atom. The van der Waals surface area contributed by atoms with E-state index in [0.717, 1.165) is 6.07 Å². The van der Waals surface area contributed by atoms with Crippen molar-refractivity contribution in [2.75, 3.05) is 13.7 Å². The lowest BCUT2D eigenvalue weighted by atomic mass is 10.1. The zero-order valence-corrected chi connectivity index (χ0v) is 9.90. The van der Waals surface area contributed by atoms with Crippen molar-refractivity contribution in [1.82, 2.24) is 0 Å². The average Bonchev–Trinajstić information content (AvgIpc) is 2.21. The molecule has 0 spiro atoms. The molecule has 1 aromatic carbocycles. The summed E-state index contributed by atoms with van der Waals surface area (Å²) in [6.07, 6.45) is 0.949. The quantitative estimate of drug-likeness (QED) is 0.860. The average molecular weight is 280 g/mol. The first-order valence-corrected chi connectivity index (χ1v) is 5.31. The standard InChI is InChI=1S/C10H12BrF2NO/c1-15-10-6(3-2-4-14)9(13)8(12)5-7(10)11/h5H,2-4,14H2,1H3. The molecule has 0 atom stereocenters. The molecule has 0 amide bonds. The lowest BCUT2D eigenvalue weighted by Gasteiger charge is -2.11. The third-order valence-electron chi connectivity index (χ3n) is 2.05. The largest absolute Gasteiger partial charge is 0.495 e. The normalized spacial score (nSPS) is 10.5. The van der Waals surface area contributed by atoms with Crippen LogP contribution in [0.1, 0.15) is 12.0 Å². The number of methoxy groups -OCH3 is 1. The van der Waals surface area contributed by atoms with Crippen LogP contribution in [0.3, 0.4) is 0 Å². The Hall–Kier alpha value is -0.680. The molecular formula is C10H12BrF2NO. The van der Waals surface area contributed by atoms with Crippen molar-refractivity contribution in [3.8, 4) is 5.75 Å². The number of halogens is 3. The molecule has 0 aliphatic carbocycles. The predicted octanol–water partition coefficient (Wildman–Crippen LogP) is 2.63. The SMILES string of the molecule is COc1c(Br)cc(F)c(F)c1CCCN. The molecule has 0 radical (unpaired) electrons. The van der Waals surface area contributed by atoms with E-state index in [1.807, 2.05) is 0 Å². The number of nitrogens with two attached hydrogens (primary N) is 1. The van der Waals surface area contributed by atoms with E-state index in [-0.39, 0.29) is 5.56 Å². The number of hydrogen-bond acceptors (Lipinski definition) is 2. The Kier molecular flexibility index (Phi) is 4.47. The summed E-state index contributed by atoms with van der Waals surface area (Å²) in [5, 5.41) is 0. The zero-order valence-electron chi connectivity index (χ0n) is 8.32. The maximum Gasteiger partial charge on any atom is 0.165 e. The van der Waals surface area contributed by atoms with Gasteiger partial charge in [-0.2, -0.15) is 0 Å². The van der Waals surface area contributed by atoms with Crippen LogP contribution in [-0.4, -0.2) is 13.7 Å². The molecule has 1 aromatic rings. The Morgan fingerprint density at radius 3 is 2.67 bits per heavy atom. The molecule has 0 aliphatic heterocycles. The highest BCUT2D eigenvalue weighted by Crippen LogP contribution is 2.33. The van der Waals surface area contributed by atoms with Crippen molar-refractivity contribution in [2.45, 2.75) is 12.8 Å². The lowest BCUT2D eigenvalue weighted by molar-refractivity contribution is 0.394. The van der Waals surface area contributed by atoms with Crippen LogP contribution in [0.25, 0.3) is 0 Å². The molecule has 15 heavy (non-hydrogen) atoms. The highest BCUT2D eigenvalue weighted by molar-refractivity contribution is 9.10. The summed E-state index contributed by atoms with van der Waals surface area (Å²) in [6, 6.07) is 1.06.